The average Bonchev–Trinajstić information content (AvgIpc) is 2.17. The minimum Gasteiger partial charge on any atom is -0.396 e. The monoisotopic (exact) mass is 310 g/mol. The first-order valence-electron chi connectivity index (χ1n) is 4.33. The molecule has 4 heteroatoms. The molecule has 0 fully saturated rings. The van der Waals surface area contributed by atoms with Gasteiger partial charge in [0.2, 0.25) is 0 Å². The van der Waals surface area contributed by atoms with E-state index in [1.54, 1.807) is 6.07 Å². The van der Waals surface area contributed by atoms with Crippen molar-refractivity contribution < 1.29 is 14.6 Å². The molecule has 0 saturated carbocycles. The summed E-state index contributed by atoms with van der Waals surface area (Å²) in [6.45, 7) is -0.103. The molecule has 0 bridgehead atoms. The summed E-state index contributed by atoms with van der Waals surface area (Å²) in [5, 5.41) is 17.8. The van der Waals surface area contributed by atoms with Crippen LogP contribution in [0, 0.1) is 15.3 Å². The van der Waals surface area contributed by atoms with Crippen molar-refractivity contribution in [2.75, 3.05) is 13.2 Å². The van der Waals surface area contributed by atoms with Gasteiger partial charge in [0.05, 0.1) is 0 Å². The van der Waals surface area contributed by atoms with Gasteiger partial charge in [-0.25, -0.2) is 4.39 Å². The van der Waals surface area contributed by atoms with Crippen LogP contribution >= 0.6 is 22.6 Å². The maximum absolute atomic E-state index is 12.7. The predicted molar refractivity (Wildman–Crippen MR) is 60.5 cm³/mol. The molecule has 1 aromatic rings. The van der Waals surface area contributed by atoms with Gasteiger partial charge in [-0.15, -0.1) is 0 Å². The molecule has 2 nitrogen and oxygen atoms in total. The van der Waals surface area contributed by atoms with Gasteiger partial charge < -0.3 is 10.2 Å². The fourth-order valence-electron chi connectivity index (χ4n) is 1.19. The van der Waals surface area contributed by atoms with Crippen molar-refractivity contribution in [1.82, 2.24) is 0 Å². The zero-order valence-corrected chi connectivity index (χ0v) is 9.74. The normalized spacial score (nSPS) is 10.9. The molecule has 1 aromatic carbocycles. The predicted octanol–water partition coefficient (Wildman–Crippen LogP) is 1.57. The van der Waals surface area contributed by atoms with E-state index in [1.165, 1.54) is 12.1 Å². The Morgan fingerprint density at radius 2 is 1.93 bits per heavy atom. The van der Waals surface area contributed by atoms with E-state index in [0.29, 0.717) is 6.42 Å². The molecule has 0 spiro atoms. The van der Waals surface area contributed by atoms with Gasteiger partial charge >= 0.3 is 0 Å². The first kappa shape index (κ1) is 11.9. The highest BCUT2D eigenvalue weighted by atomic mass is 127. The zero-order chi connectivity index (χ0) is 10.6. The number of hydrogen-bond acceptors (Lipinski definition) is 2. The largest absolute Gasteiger partial charge is 0.396 e. The molecule has 0 aromatic heterocycles. The van der Waals surface area contributed by atoms with E-state index >= 15 is 0 Å². The highest BCUT2D eigenvalue weighted by Crippen LogP contribution is 2.17. The van der Waals surface area contributed by atoms with E-state index in [9.17, 15) is 4.39 Å². The summed E-state index contributed by atoms with van der Waals surface area (Å²) in [4.78, 5) is 0. The number of aliphatic hydroxyl groups excluding tert-OH is 2. The Balaban J connectivity index is 2.76. The molecule has 0 amide bonds. The van der Waals surface area contributed by atoms with Gasteiger partial charge in [-0.2, -0.15) is 0 Å². The van der Waals surface area contributed by atoms with Crippen LogP contribution in [-0.4, -0.2) is 23.4 Å². The second kappa shape index (κ2) is 5.63. The van der Waals surface area contributed by atoms with Gasteiger partial charge in [0.25, 0.3) is 0 Å². The van der Waals surface area contributed by atoms with Crippen LogP contribution in [-0.2, 0) is 6.42 Å². The molecule has 0 heterocycles. The van der Waals surface area contributed by atoms with Crippen molar-refractivity contribution in [1.29, 1.82) is 0 Å². The van der Waals surface area contributed by atoms with Crippen LogP contribution in [0.3, 0.4) is 0 Å². The molecule has 0 aliphatic heterocycles. The third-order valence-corrected chi connectivity index (χ3v) is 3.04. The van der Waals surface area contributed by atoms with Crippen molar-refractivity contribution in [3.63, 3.8) is 0 Å². The lowest BCUT2D eigenvalue weighted by Crippen LogP contribution is -2.14. The summed E-state index contributed by atoms with van der Waals surface area (Å²) in [7, 11) is 0. The van der Waals surface area contributed by atoms with Crippen LogP contribution in [0.4, 0.5) is 4.39 Å². The third-order valence-electron chi connectivity index (χ3n) is 2.04. The number of hydrogen-bond donors (Lipinski definition) is 2. The lowest BCUT2D eigenvalue weighted by molar-refractivity contribution is 0.150. The average molecular weight is 310 g/mol. The fraction of sp³-hybridized carbons (Fsp3) is 0.400. The molecule has 0 unspecified atom stereocenters. The summed E-state index contributed by atoms with van der Waals surface area (Å²) in [6.07, 6.45) is 0.575. The van der Waals surface area contributed by atoms with Crippen LogP contribution in [0.1, 0.15) is 5.56 Å². The van der Waals surface area contributed by atoms with Gasteiger partial charge in [0, 0.05) is 22.7 Å². The minimum atomic E-state index is -0.261. The highest BCUT2D eigenvalue weighted by Gasteiger charge is 2.09. The maximum Gasteiger partial charge on any atom is 0.124 e. The SMILES string of the molecule is OCC(CO)Cc1ccc(F)cc1I. The van der Waals surface area contributed by atoms with E-state index in [2.05, 4.69) is 0 Å². The molecule has 1 rings (SSSR count). The molecule has 78 valence electrons. The Morgan fingerprint density at radius 1 is 1.29 bits per heavy atom. The fourth-order valence-corrected chi connectivity index (χ4v) is 1.88. The number of rotatable bonds is 4. The Morgan fingerprint density at radius 3 is 2.43 bits per heavy atom. The van der Waals surface area contributed by atoms with E-state index in [4.69, 9.17) is 10.2 Å². The van der Waals surface area contributed by atoms with E-state index in [0.717, 1.165) is 9.13 Å². The molecule has 2 N–H and O–H groups in total. The van der Waals surface area contributed by atoms with Gasteiger partial charge in [0.1, 0.15) is 5.82 Å². The Kier molecular flexibility index (Phi) is 4.77. The van der Waals surface area contributed by atoms with Crippen LogP contribution in [0.15, 0.2) is 18.2 Å². The van der Waals surface area contributed by atoms with Crippen LogP contribution in [0.25, 0.3) is 0 Å². The van der Waals surface area contributed by atoms with Crippen LogP contribution < -0.4 is 0 Å². The zero-order valence-electron chi connectivity index (χ0n) is 7.58. The molecular weight excluding hydrogens is 298 g/mol. The maximum atomic E-state index is 12.7. The smallest absolute Gasteiger partial charge is 0.124 e. The first-order valence-corrected chi connectivity index (χ1v) is 5.41. The standard InChI is InChI=1S/C10H12FIO2/c11-9-2-1-8(10(12)4-9)3-7(5-13)6-14/h1-2,4,7,13-14H,3,5-6H2. The molecule has 0 aliphatic rings. The Hall–Kier alpha value is -0.200. The van der Waals surface area contributed by atoms with Gasteiger partial charge in [-0.1, -0.05) is 6.07 Å². The second-order valence-corrected chi connectivity index (χ2v) is 4.33. The van der Waals surface area contributed by atoms with Crippen LogP contribution in [0.5, 0.6) is 0 Å². The van der Waals surface area contributed by atoms with Crippen molar-refractivity contribution in [2.45, 2.75) is 6.42 Å². The van der Waals surface area contributed by atoms with Gasteiger partial charge in [-0.05, 0) is 46.7 Å². The van der Waals surface area contributed by atoms with Crippen molar-refractivity contribution in [3.05, 3.63) is 33.1 Å². The summed E-state index contributed by atoms with van der Waals surface area (Å²) in [5.41, 5.74) is 0.958. The first-order chi connectivity index (χ1) is 6.67. The molecule has 0 atom stereocenters. The topological polar surface area (TPSA) is 40.5 Å². The summed E-state index contributed by atoms with van der Waals surface area (Å²) in [6, 6.07) is 4.53. The van der Waals surface area contributed by atoms with E-state index in [1.807, 2.05) is 22.6 Å². The number of aliphatic hydroxyl groups is 2. The van der Waals surface area contributed by atoms with Crippen molar-refractivity contribution in [2.24, 2.45) is 5.92 Å². The lowest BCUT2D eigenvalue weighted by atomic mass is 10.0. The minimum absolute atomic E-state index is 0.0516. The highest BCUT2D eigenvalue weighted by molar-refractivity contribution is 14.1. The summed E-state index contributed by atoms with van der Waals surface area (Å²) < 4.78 is 13.6. The second-order valence-electron chi connectivity index (χ2n) is 3.17. The third kappa shape index (κ3) is 3.18. The number of halogens is 2. The Labute approximate surface area is 95.9 Å². The number of benzene rings is 1. The molecule has 0 saturated heterocycles. The summed E-state index contributed by atoms with van der Waals surface area (Å²) >= 11 is 2.05. The van der Waals surface area contributed by atoms with Crippen LogP contribution in [0.2, 0.25) is 0 Å². The quantitative estimate of drug-likeness (QED) is 0.829. The lowest BCUT2D eigenvalue weighted by Gasteiger charge is -2.11. The van der Waals surface area contributed by atoms with Gasteiger partial charge in [-0.3, -0.25) is 0 Å². The van der Waals surface area contributed by atoms with Crippen molar-refractivity contribution in [3.8, 4) is 0 Å². The Bertz CT molecular complexity index is 300. The van der Waals surface area contributed by atoms with Crippen molar-refractivity contribution >= 4 is 22.6 Å². The molecule has 0 radical (unpaired) electrons. The van der Waals surface area contributed by atoms with E-state index in [-0.39, 0.29) is 24.9 Å². The van der Waals surface area contributed by atoms with E-state index < -0.39 is 0 Å². The van der Waals surface area contributed by atoms with Gasteiger partial charge in [0.15, 0.2) is 0 Å². The molecular formula is C10H12FIO2. The molecule has 0 aliphatic carbocycles. The molecule has 14 heavy (non-hydrogen) atoms. The summed E-state index contributed by atoms with van der Waals surface area (Å²) in [5.74, 6) is -0.420.